The average Bonchev–Trinajstić information content (AvgIpc) is 1.89. The minimum atomic E-state index is 1.73. The molecule has 6 heteroatoms. The van der Waals surface area contributed by atoms with Crippen molar-refractivity contribution in [2.45, 2.75) is 0 Å². The minimum Gasteiger partial charge on any atom is -0.187 e. The van der Waals surface area contributed by atoms with E-state index in [1.54, 1.807) is 53.4 Å². The normalized spacial score (nSPS) is 10.7. The molecule has 0 aromatic carbocycles. The van der Waals surface area contributed by atoms with Gasteiger partial charge in [0, 0.05) is 27.9 Å². The summed E-state index contributed by atoms with van der Waals surface area (Å²) in [5.41, 5.74) is 0. The zero-order valence-electron chi connectivity index (χ0n) is 5.49. The van der Waals surface area contributed by atoms with Gasteiger partial charge in [-0.1, -0.05) is 22.7 Å². The van der Waals surface area contributed by atoms with E-state index in [1.165, 1.54) is 0 Å². The number of rotatable bonds is 5. The van der Waals surface area contributed by atoms with E-state index in [-0.39, 0.29) is 0 Å². The Morgan fingerprint density at radius 2 is 1.78 bits per heavy atom. The van der Waals surface area contributed by atoms with Crippen LogP contribution in [-0.2, 0) is 0 Å². The van der Waals surface area contributed by atoms with Gasteiger partial charge in [-0.25, -0.2) is 0 Å². The Balaban J connectivity index is 2.88. The maximum Gasteiger partial charge on any atom is 0.0146 e. The van der Waals surface area contributed by atoms with Gasteiger partial charge in [-0.05, 0) is 22.3 Å². The number of nitrogens with zero attached hydrogens (tertiary/aromatic N) is 1. The molecule has 0 bridgehead atoms. The van der Waals surface area contributed by atoms with Crippen LogP contribution in [0.5, 0.6) is 0 Å². The highest BCUT2D eigenvalue weighted by Crippen LogP contribution is 2.43. The predicted molar refractivity (Wildman–Crippen MR) is 57.6 cm³/mol. The van der Waals surface area contributed by atoms with Crippen LogP contribution in [0, 0.1) is 0 Å². The van der Waals surface area contributed by atoms with E-state index in [1.807, 2.05) is 0 Å². The summed E-state index contributed by atoms with van der Waals surface area (Å²) in [6.45, 7) is 0. The maximum absolute atomic E-state index is 2.12. The molecule has 0 atom stereocenters. The summed E-state index contributed by atoms with van der Waals surface area (Å²) in [5.74, 6) is 0. The third kappa shape index (κ3) is 7.61. The first-order valence-corrected chi connectivity index (χ1v) is 8.49. The molecular weight excluding hydrogens is 210 g/mol. The molecule has 1 nitrogen and oxygen atoms in total. The number of hydrogen-bond donors (Lipinski definition) is 0. The zero-order valence-corrected chi connectivity index (χ0v) is 9.57. The fourth-order valence-electron chi connectivity index (χ4n) is 0.113. The second kappa shape index (κ2) is 7.81. The van der Waals surface area contributed by atoms with Gasteiger partial charge in [0.25, 0.3) is 0 Å². The van der Waals surface area contributed by atoms with Gasteiger partial charge in [0.1, 0.15) is 0 Å². The molecule has 0 N–H and O–H groups in total. The SMILES string of the molecule is CSSSSN(C)SC. The lowest BCUT2D eigenvalue weighted by atomic mass is 11.6. The summed E-state index contributed by atoms with van der Waals surface area (Å²) in [6.07, 6.45) is 4.15. The molecule has 0 aliphatic heterocycles. The van der Waals surface area contributed by atoms with E-state index in [0.717, 1.165) is 0 Å². The third-order valence-electron chi connectivity index (χ3n) is 0.488. The van der Waals surface area contributed by atoms with Crippen LogP contribution in [0.4, 0.5) is 0 Å². The molecule has 0 rings (SSSR count). The van der Waals surface area contributed by atoms with Crippen LogP contribution in [0.3, 0.4) is 0 Å². The Labute approximate surface area is 76.3 Å². The lowest BCUT2D eigenvalue weighted by Gasteiger charge is -2.07. The molecule has 0 aromatic rings. The van der Waals surface area contributed by atoms with E-state index >= 15 is 0 Å². The second-order valence-electron chi connectivity index (χ2n) is 1.000. The quantitative estimate of drug-likeness (QED) is 0.393. The van der Waals surface area contributed by atoms with Gasteiger partial charge in [0.2, 0.25) is 0 Å². The van der Waals surface area contributed by atoms with Crippen LogP contribution in [0.2, 0.25) is 0 Å². The largest absolute Gasteiger partial charge is 0.187 e. The lowest BCUT2D eigenvalue weighted by Crippen LogP contribution is -1.90. The molecule has 56 valence electrons. The second-order valence-corrected chi connectivity index (χ2v) is 8.16. The molecule has 0 saturated heterocycles. The van der Waals surface area contributed by atoms with Gasteiger partial charge in [-0.15, -0.1) is 0 Å². The first kappa shape index (κ1) is 10.7. The van der Waals surface area contributed by atoms with Crippen molar-refractivity contribution < 1.29 is 0 Å². The smallest absolute Gasteiger partial charge is 0.0146 e. The first-order chi connectivity index (χ1) is 4.31. The van der Waals surface area contributed by atoms with Crippen LogP contribution in [0.15, 0.2) is 0 Å². The summed E-state index contributed by atoms with van der Waals surface area (Å²) < 4.78 is 2.12. The molecule has 0 heterocycles. The molecule has 0 aliphatic carbocycles. The van der Waals surface area contributed by atoms with Crippen LogP contribution in [0.1, 0.15) is 0 Å². The molecule has 0 radical (unpaired) electrons. The van der Waals surface area contributed by atoms with Gasteiger partial charge in [-0.2, -0.15) is 3.71 Å². The highest BCUT2D eigenvalue weighted by Gasteiger charge is 1.94. The number of hydrogen-bond acceptors (Lipinski definition) is 6. The first-order valence-electron chi connectivity index (χ1n) is 2.13. The van der Waals surface area contributed by atoms with Gasteiger partial charge < -0.3 is 0 Å². The Morgan fingerprint density at radius 3 is 2.22 bits per heavy atom. The Bertz CT molecular complexity index is 60.2. The van der Waals surface area contributed by atoms with Crippen molar-refractivity contribution in [1.82, 2.24) is 3.71 Å². The van der Waals surface area contributed by atoms with Crippen LogP contribution in [0.25, 0.3) is 0 Å². The van der Waals surface area contributed by atoms with Crippen LogP contribution in [-0.4, -0.2) is 23.3 Å². The maximum atomic E-state index is 2.12. The molecular formula is C3H9NS5. The van der Waals surface area contributed by atoms with Crippen molar-refractivity contribution in [3.8, 4) is 0 Å². The molecule has 0 amide bonds. The van der Waals surface area contributed by atoms with Gasteiger partial charge in [-0.3, -0.25) is 0 Å². The highest BCUT2D eigenvalue weighted by molar-refractivity contribution is 9.26. The minimum absolute atomic E-state index is 1.73. The molecule has 0 unspecified atom stereocenters. The van der Waals surface area contributed by atoms with Crippen LogP contribution < -0.4 is 0 Å². The fourth-order valence-corrected chi connectivity index (χ4v) is 5.91. The lowest BCUT2D eigenvalue weighted by molar-refractivity contribution is 0.962. The predicted octanol–water partition coefficient (Wildman–Crippen LogP) is 3.42. The van der Waals surface area contributed by atoms with Gasteiger partial charge >= 0.3 is 0 Å². The standard InChI is InChI=1S/C3H9NS5/c1-4(5-2)7-9-8-6-3/h1-3H3. The summed E-state index contributed by atoms with van der Waals surface area (Å²) in [5, 5.41) is 0. The van der Waals surface area contributed by atoms with E-state index < -0.39 is 0 Å². The molecule has 0 aliphatic rings. The van der Waals surface area contributed by atoms with Crippen molar-refractivity contribution in [2.75, 3.05) is 19.6 Å². The molecule has 0 aromatic heterocycles. The van der Waals surface area contributed by atoms with Crippen molar-refractivity contribution in [3.63, 3.8) is 0 Å². The molecule has 0 spiro atoms. The Morgan fingerprint density at radius 1 is 1.11 bits per heavy atom. The fraction of sp³-hybridized carbons (Fsp3) is 1.00. The molecule has 0 saturated carbocycles. The highest BCUT2D eigenvalue weighted by atomic mass is 33.7. The van der Waals surface area contributed by atoms with E-state index in [4.69, 9.17) is 0 Å². The average molecular weight is 219 g/mol. The van der Waals surface area contributed by atoms with Crippen molar-refractivity contribution in [1.29, 1.82) is 0 Å². The third-order valence-corrected chi connectivity index (χ3v) is 7.62. The summed E-state index contributed by atoms with van der Waals surface area (Å²) in [7, 11) is 9.17. The summed E-state index contributed by atoms with van der Waals surface area (Å²) in [6, 6.07) is 0. The molecule has 9 heavy (non-hydrogen) atoms. The topological polar surface area (TPSA) is 3.24 Å². The monoisotopic (exact) mass is 219 g/mol. The zero-order chi connectivity index (χ0) is 7.11. The van der Waals surface area contributed by atoms with Crippen molar-refractivity contribution >= 4 is 53.4 Å². The van der Waals surface area contributed by atoms with Crippen LogP contribution >= 0.6 is 53.4 Å². The van der Waals surface area contributed by atoms with E-state index in [0.29, 0.717) is 0 Å². The summed E-state index contributed by atoms with van der Waals surface area (Å²) >= 11 is 1.73. The van der Waals surface area contributed by atoms with E-state index in [9.17, 15) is 0 Å². The molecule has 0 fully saturated rings. The van der Waals surface area contributed by atoms with Crippen molar-refractivity contribution in [3.05, 3.63) is 0 Å². The summed E-state index contributed by atoms with van der Waals surface area (Å²) in [4.78, 5) is 0. The van der Waals surface area contributed by atoms with Gasteiger partial charge in [0.15, 0.2) is 0 Å². The van der Waals surface area contributed by atoms with E-state index in [2.05, 4.69) is 23.3 Å². The van der Waals surface area contributed by atoms with Gasteiger partial charge in [0.05, 0.1) is 0 Å². The Hall–Kier alpha value is 1.71. The Kier molecular flexibility index (Phi) is 9.30. The van der Waals surface area contributed by atoms with Crippen molar-refractivity contribution in [2.24, 2.45) is 0 Å².